The zero-order chi connectivity index (χ0) is 16.0. The Balaban J connectivity index is 1.90. The fourth-order valence-corrected chi connectivity index (χ4v) is 4.82. The molecular weight excluding hydrogens is 338 g/mol. The molecule has 0 unspecified atom stereocenters. The summed E-state index contributed by atoms with van der Waals surface area (Å²) < 4.78 is 33.8. The quantitative estimate of drug-likeness (QED) is 0.686. The molecule has 0 bridgehead atoms. The lowest BCUT2D eigenvalue weighted by molar-refractivity contribution is 0.0730. The van der Waals surface area contributed by atoms with Crippen LogP contribution in [0.3, 0.4) is 0 Å². The zero-order valence-electron chi connectivity index (χ0n) is 12.0. The normalized spacial score (nSPS) is 17.0. The number of hydrogen-bond acceptors (Lipinski definition) is 6. The van der Waals surface area contributed by atoms with E-state index in [1.807, 2.05) is 11.6 Å². The van der Waals surface area contributed by atoms with E-state index in [-0.39, 0.29) is 4.90 Å². The van der Waals surface area contributed by atoms with Gasteiger partial charge in [0.2, 0.25) is 10.0 Å². The van der Waals surface area contributed by atoms with E-state index in [2.05, 4.69) is 4.98 Å². The molecule has 23 heavy (non-hydrogen) atoms. The van der Waals surface area contributed by atoms with Crippen molar-refractivity contribution in [1.82, 2.24) is 13.7 Å². The summed E-state index contributed by atoms with van der Waals surface area (Å²) in [4.78, 5) is 16.9. The summed E-state index contributed by atoms with van der Waals surface area (Å²) >= 11 is 1.36. The van der Waals surface area contributed by atoms with E-state index in [0.717, 1.165) is 0 Å². The minimum atomic E-state index is -3.63. The molecule has 0 spiro atoms. The summed E-state index contributed by atoms with van der Waals surface area (Å²) in [6.45, 7) is 1.40. The molecule has 0 amide bonds. The van der Waals surface area contributed by atoms with E-state index in [1.165, 1.54) is 27.8 Å². The van der Waals surface area contributed by atoms with Crippen molar-refractivity contribution in [2.45, 2.75) is 4.90 Å². The average molecular weight is 351 g/mol. The van der Waals surface area contributed by atoms with E-state index in [1.54, 1.807) is 10.5 Å². The molecule has 120 valence electrons. The third-order valence-corrected chi connectivity index (χ3v) is 6.50. The van der Waals surface area contributed by atoms with Crippen molar-refractivity contribution in [2.24, 2.45) is 0 Å². The Morgan fingerprint density at radius 2 is 2.00 bits per heavy atom. The molecule has 0 N–H and O–H groups in total. The molecule has 4 rings (SSSR count). The number of aromatic nitrogens is 2. The number of morpholine rings is 1. The third-order valence-electron chi connectivity index (χ3n) is 3.85. The van der Waals surface area contributed by atoms with Crippen molar-refractivity contribution in [1.29, 1.82) is 0 Å². The van der Waals surface area contributed by atoms with Crippen molar-refractivity contribution in [3.63, 3.8) is 0 Å². The van der Waals surface area contributed by atoms with Gasteiger partial charge in [-0.3, -0.25) is 9.20 Å². The predicted octanol–water partition coefficient (Wildman–Crippen LogP) is 0.930. The van der Waals surface area contributed by atoms with Crippen LogP contribution in [0.1, 0.15) is 0 Å². The lowest BCUT2D eigenvalue weighted by Crippen LogP contribution is -2.40. The van der Waals surface area contributed by atoms with Gasteiger partial charge in [0, 0.05) is 24.7 Å². The van der Waals surface area contributed by atoms with E-state index in [0.29, 0.717) is 42.2 Å². The van der Waals surface area contributed by atoms with Crippen LogP contribution in [0, 0.1) is 0 Å². The number of rotatable bonds is 2. The second-order valence-electron chi connectivity index (χ2n) is 5.17. The van der Waals surface area contributed by atoms with Crippen LogP contribution < -0.4 is 5.56 Å². The van der Waals surface area contributed by atoms with Crippen LogP contribution in [0.2, 0.25) is 0 Å². The second-order valence-corrected chi connectivity index (χ2v) is 7.98. The fraction of sp³-hybridized carbons (Fsp3) is 0.286. The maximum atomic E-state index is 12.7. The van der Waals surface area contributed by atoms with Gasteiger partial charge in [0.1, 0.15) is 0 Å². The summed E-state index contributed by atoms with van der Waals surface area (Å²) in [5, 5.41) is 2.13. The zero-order valence-corrected chi connectivity index (χ0v) is 13.6. The summed E-state index contributed by atoms with van der Waals surface area (Å²) in [5.41, 5.74) is 0.239. The molecule has 9 heteroatoms. The van der Waals surface area contributed by atoms with Crippen molar-refractivity contribution in [3.05, 3.63) is 40.1 Å². The van der Waals surface area contributed by atoms with Crippen molar-refractivity contribution in [2.75, 3.05) is 26.3 Å². The van der Waals surface area contributed by atoms with Gasteiger partial charge in [-0.2, -0.15) is 9.29 Å². The lowest BCUT2D eigenvalue weighted by atomic mass is 10.2. The number of nitrogens with zero attached hydrogens (tertiary/aromatic N) is 3. The maximum absolute atomic E-state index is 12.7. The van der Waals surface area contributed by atoms with Gasteiger partial charge in [0.25, 0.3) is 5.56 Å². The first-order valence-electron chi connectivity index (χ1n) is 7.05. The number of fused-ring (bicyclic) bond motifs is 3. The molecule has 0 radical (unpaired) electrons. The first-order chi connectivity index (χ1) is 11.1. The van der Waals surface area contributed by atoms with Gasteiger partial charge in [0.15, 0.2) is 4.96 Å². The Morgan fingerprint density at radius 3 is 2.78 bits per heavy atom. The summed E-state index contributed by atoms with van der Waals surface area (Å²) in [6.07, 6.45) is 1.81. The summed E-state index contributed by atoms with van der Waals surface area (Å²) in [5.74, 6) is 0. The smallest absolute Gasteiger partial charge is 0.281 e. The largest absolute Gasteiger partial charge is 0.379 e. The van der Waals surface area contributed by atoms with Gasteiger partial charge in [-0.15, -0.1) is 11.3 Å². The minimum Gasteiger partial charge on any atom is -0.379 e. The number of thiazole rings is 1. The maximum Gasteiger partial charge on any atom is 0.281 e. The van der Waals surface area contributed by atoms with Crippen LogP contribution in [-0.2, 0) is 14.8 Å². The summed E-state index contributed by atoms with van der Waals surface area (Å²) in [6, 6.07) is 4.61. The van der Waals surface area contributed by atoms with E-state index in [9.17, 15) is 13.2 Å². The molecule has 2 aromatic heterocycles. The molecule has 3 heterocycles. The molecule has 3 aromatic rings. The molecule has 7 nitrogen and oxygen atoms in total. The molecule has 1 saturated heterocycles. The molecular formula is C14H13N3O4S2. The molecule has 0 atom stereocenters. The van der Waals surface area contributed by atoms with E-state index < -0.39 is 15.6 Å². The molecule has 0 saturated carbocycles. The highest BCUT2D eigenvalue weighted by atomic mass is 32.2. The SMILES string of the molecule is O=c1nc2sccn2c2ccc(S(=O)(=O)N3CCOCC3)cc12. The van der Waals surface area contributed by atoms with Gasteiger partial charge in [0.05, 0.1) is 29.0 Å². The molecule has 0 aliphatic carbocycles. The van der Waals surface area contributed by atoms with Crippen molar-refractivity contribution < 1.29 is 13.2 Å². The minimum absolute atomic E-state index is 0.112. The highest BCUT2D eigenvalue weighted by Gasteiger charge is 2.26. The fourth-order valence-electron chi connectivity index (χ4n) is 2.68. The van der Waals surface area contributed by atoms with Crippen molar-refractivity contribution in [3.8, 4) is 0 Å². The lowest BCUT2D eigenvalue weighted by Gasteiger charge is -2.26. The van der Waals surface area contributed by atoms with Gasteiger partial charge in [-0.05, 0) is 18.2 Å². The molecule has 1 aliphatic rings. The highest BCUT2D eigenvalue weighted by molar-refractivity contribution is 7.89. The Labute approximate surface area is 135 Å². The predicted molar refractivity (Wildman–Crippen MR) is 86.4 cm³/mol. The number of benzene rings is 1. The monoisotopic (exact) mass is 351 g/mol. The topological polar surface area (TPSA) is 81.0 Å². The van der Waals surface area contributed by atoms with Gasteiger partial charge >= 0.3 is 0 Å². The van der Waals surface area contributed by atoms with Crippen LogP contribution in [0.15, 0.2) is 39.5 Å². The van der Waals surface area contributed by atoms with E-state index >= 15 is 0 Å². The van der Waals surface area contributed by atoms with Crippen LogP contribution in [0.4, 0.5) is 0 Å². The first kappa shape index (κ1) is 14.8. The standard InChI is InChI=1S/C14H13N3O4S2/c18-13-11-9-10(23(19,20)16-3-6-21-7-4-16)1-2-12(11)17-5-8-22-14(17)15-13/h1-2,5,8-9H,3-4,6-7H2. The molecule has 1 aliphatic heterocycles. The van der Waals surface area contributed by atoms with Crippen molar-refractivity contribution >= 4 is 37.2 Å². The van der Waals surface area contributed by atoms with Crippen LogP contribution in [0.25, 0.3) is 15.9 Å². The highest BCUT2D eigenvalue weighted by Crippen LogP contribution is 2.22. The van der Waals surface area contributed by atoms with E-state index in [4.69, 9.17) is 4.74 Å². The van der Waals surface area contributed by atoms with Gasteiger partial charge in [-0.25, -0.2) is 8.42 Å². The second kappa shape index (κ2) is 5.38. The summed E-state index contributed by atoms with van der Waals surface area (Å²) in [7, 11) is -3.63. The third kappa shape index (κ3) is 2.36. The number of sulfonamides is 1. The van der Waals surface area contributed by atoms with Crippen LogP contribution in [-0.4, -0.2) is 48.4 Å². The van der Waals surface area contributed by atoms with Gasteiger partial charge in [-0.1, -0.05) is 0 Å². The molecule has 1 fully saturated rings. The van der Waals surface area contributed by atoms with Crippen LogP contribution in [0.5, 0.6) is 0 Å². The van der Waals surface area contributed by atoms with Crippen LogP contribution >= 0.6 is 11.3 Å². The Bertz CT molecular complexity index is 1050. The first-order valence-corrected chi connectivity index (χ1v) is 9.37. The number of hydrogen-bond donors (Lipinski definition) is 0. The molecule has 1 aromatic carbocycles. The average Bonchev–Trinajstić information content (AvgIpc) is 3.04. The Morgan fingerprint density at radius 1 is 1.22 bits per heavy atom. The Kier molecular flexibility index (Phi) is 3.45. The number of ether oxygens (including phenoxy) is 1. The van der Waals surface area contributed by atoms with Gasteiger partial charge < -0.3 is 4.74 Å². The Hall–Kier alpha value is -1.81.